The predicted octanol–water partition coefficient (Wildman–Crippen LogP) is 2.13. The predicted molar refractivity (Wildman–Crippen MR) is 67.1 cm³/mol. The number of hydrogen-bond acceptors (Lipinski definition) is 3. The third-order valence-electron chi connectivity index (χ3n) is 3.05. The maximum Gasteiger partial charge on any atom is 0.309 e. The van der Waals surface area contributed by atoms with Gasteiger partial charge in [-0.1, -0.05) is 37.3 Å². The van der Waals surface area contributed by atoms with E-state index in [0.29, 0.717) is 12.8 Å². The minimum Gasteiger partial charge on any atom is -0.481 e. The van der Waals surface area contributed by atoms with Gasteiger partial charge in [0.15, 0.2) is 0 Å². The lowest BCUT2D eigenvalue weighted by molar-refractivity contribution is -0.155. The number of carboxylic acid groups (broad SMARTS) is 1. The topological polar surface area (TPSA) is 63.6 Å². The van der Waals surface area contributed by atoms with E-state index in [0.717, 1.165) is 5.56 Å². The van der Waals surface area contributed by atoms with E-state index in [1.165, 1.54) is 7.11 Å². The van der Waals surface area contributed by atoms with Gasteiger partial charge in [-0.3, -0.25) is 9.59 Å². The zero-order valence-corrected chi connectivity index (χ0v) is 10.6. The molecule has 0 aliphatic rings. The van der Waals surface area contributed by atoms with Gasteiger partial charge in [-0.2, -0.15) is 0 Å². The highest BCUT2D eigenvalue weighted by Crippen LogP contribution is 2.22. The molecule has 0 aliphatic carbocycles. The Bertz CT molecular complexity index is 400. The fourth-order valence-electron chi connectivity index (χ4n) is 2.04. The summed E-state index contributed by atoms with van der Waals surface area (Å²) in [6.45, 7) is 1.76. The van der Waals surface area contributed by atoms with Crippen LogP contribution >= 0.6 is 0 Å². The Morgan fingerprint density at radius 3 is 2.28 bits per heavy atom. The molecule has 0 aliphatic heterocycles. The van der Waals surface area contributed by atoms with Crippen LogP contribution < -0.4 is 0 Å². The average molecular weight is 250 g/mol. The molecule has 0 fully saturated rings. The second-order valence-electron chi connectivity index (χ2n) is 4.17. The van der Waals surface area contributed by atoms with Crippen LogP contribution in [0.4, 0.5) is 0 Å². The van der Waals surface area contributed by atoms with Crippen molar-refractivity contribution in [3.63, 3.8) is 0 Å². The van der Waals surface area contributed by atoms with Crippen LogP contribution in [0.2, 0.25) is 0 Å². The van der Waals surface area contributed by atoms with Gasteiger partial charge in [-0.05, 0) is 18.4 Å². The third-order valence-corrected chi connectivity index (χ3v) is 3.05. The van der Waals surface area contributed by atoms with Crippen molar-refractivity contribution in [2.45, 2.75) is 19.8 Å². The Hall–Kier alpha value is -1.84. The van der Waals surface area contributed by atoms with Crippen molar-refractivity contribution >= 4 is 11.9 Å². The number of hydrogen-bond donors (Lipinski definition) is 1. The third kappa shape index (κ3) is 3.58. The lowest BCUT2D eigenvalue weighted by Crippen LogP contribution is -2.32. The molecule has 0 spiro atoms. The van der Waals surface area contributed by atoms with E-state index in [-0.39, 0.29) is 0 Å². The summed E-state index contributed by atoms with van der Waals surface area (Å²) in [5.41, 5.74) is 0.938. The molecule has 1 N–H and O–H groups in total. The van der Waals surface area contributed by atoms with Gasteiger partial charge in [0, 0.05) is 0 Å². The van der Waals surface area contributed by atoms with E-state index >= 15 is 0 Å². The number of methoxy groups -OCH3 is 1. The molecule has 0 saturated carbocycles. The van der Waals surface area contributed by atoms with Crippen molar-refractivity contribution in [1.82, 2.24) is 0 Å². The number of rotatable bonds is 6. The number of ether oxygens (including phenoxy) is 1. The molecule has 1 rings (SSSR count). The first kappa shape index (κ1) is 14.2. The van der Waals surface area contributed by atoms with E-state index in [4.69, 9.17) is 9.84 Å². The van der Waals surface area contributed by atoms with Gasteiger partial charge in [0.1, 0.15) is 0 Å². The first-order valence-corrected chi connectivity index (χ1v) is 5.94. The second kappa shape index (κ2) is 6.79. The Morgan fingerprint density at radius 1 is 1.22 bits per heavy atom. The van der Waals surface area contributed by atoms with Crippen LogP contribution in [0.15, 0.2) is 30.3 Å². The summed E-state index contributed by atoms with van der Waals surface area (Å²) in [4.78, 5) is 22.9. The highest BCUT2D eigenvalue weighted by molar-refractivity contribution is 5.81. The van der Waals surface area contributed by atoms with Crippen molar-refractivity contribution < 1.29 is 19.4 Å². The molecule has 2 atom stereocenters. The van der Waals surface area contributed by atoms with Crippen LogP contribution in [0.3, 0.4) is 0 Å². The average Bonchev–Trinajstić information content (AvgIpc) is 2.38. The lowest BCUT2D eigenvalue weighted by Gasteiger charge is -2.20. The van der Waals surface area contributed by atoms with Crippen LogP contribution in [-0.2, 0) is 20.7 Å². The number of benzene rings is 1. The molecule has 0 unspecified atom stereocenters. The minimum absolute atomic E-state index is 0.387. The van der Waals surface area contributed by atoms with Gasteiger partial charge in [0.25, 0.3) is 0 Å². The molecular formula is C14H18O4. The molecule has 4 heteroatoms. The fraction of sp³-hybridized carbons (Fsp3) is 0.429. The normalized spacial score (nSPS) is 13.7. The monoisotopic (exact) mass is 250 g/mol. The molecule has 1 aromatic rings. The Morgan fingerprint density at radius 2 is 1.83 bits per heavy atom. The molecule has 18 heavy (non-hydrogen) atoms. The molecule has 4 nitrogen and oxygen atoms in total. The summed E-state index contributed by atoms with van der Waals surface area (Å²) < 4.78 is 4.72. The van der Waals surface area contributed by atoms with E-state index < -0.39 is 23.8 Å². The number of esters is 1. The zero-order chi connectivity index (χ0) is 13.5. The Labute approximate surface area is 107 Å². The van der Waals surface area contributed by atoms with E-state index in [2.05, 4.69) is 0 Å². The van der Waals surface area contributed by atoms with E-state index in [1.807, 2.05) is 30.3 Å². The summed E-state index contributed by atoms with van der Waals surface area (Å²) in [6.07, 6.45) is 0.792. The standard InChI is InChI=1S/C14H18O4/c1-3-11(13(15)16)12(14(17)18-2)9-10-7-5-4-6-8-10/h4-8,11-12H,3,9H2,1-2H3,(H,15,16)/t11-,12+/m0/s1. The van der Waals surface area contributed by atoms with E-state index in [9.17, 15) is 9.59 Å². The molecule has 98 valence electrons. The smallest absolute Gasteiger partial charge is 0.309 e. The highest BCUT2D eigenvalue weighted by Gasteiger charge is 2.33. The van der Waals surface area contributed by atoms with Crippen molar-refractivity contribution in [1.29, 1.82) is 0 Å². The van der Waals surface area contributed by atoms with Crippen molar-refractivity contribution in [3.8, 4) is 0 Å². The zero-order valence-electron chi connectivity index (χ0n) is 10.6. The highest BCUT2D eigenvalue weighted by atomic mass is 16.5. The second-order valence-corrected chi connectivity index (χ2v) is 4.17. The number of carbonyl (C=O) groups excluding carboxylic acids is 1. The maximum atomic E-state index is 11.7. The van der Waals surface area contributed by atoms with Crippen molar-refractivity contribution in [2.24, 2.45) is 11.8 Å². The molecule has 0 heterocycles. The van der Waals surface area contributed by atoms with Gasteiger partial charge in [0.05, 0.1) is 18.9 Å². The summed E-state index contributed by atoms with van der Waals surface area (Å²) in [6, 6.07) is 9.37. The summed E-state index contributed by atoms with van der Waals surface area (Å²) in [5, 5.41) is 9.16. The molecule has 0 saturated heterocycles. The fourth-order valence-corrected chi connectivity index (χ4v) is 2.04. The van der Waals surface area contributed by atoms with Crippen LogP contribution in [0.25, 0.3) is 0 Å². The maximum absolute atomic E-state index is 11.7. The summed E-state index contributed by atoms with van der Waals surface area (Å²) in [7, 11) is 1.29. The molecule has 0 amide bonds. The van der Waals surface area contributed by atoms with Crippen LogP contribution in [0.5, 0.6) is 0 Å². The lowest BCUT2D eigenvalue weighted by atomic mass is 9.85. The first-order valence-electron chi connectivity index (χ1n) is 5.94. The van der Waals surface area contributed by atoms with Crippen molar-refractivity contribution in [2.75, 3.05) is 7.11 Å². The van der Waals surface area contributed by atoms with Gasteiger partial charge in [-0.15, -0.1) is 0 Å². The van der Waals surface area contributed by atoms with Crippen LogP contribution in [0, 0.1) is 11.8 Å². The molecule has 0 radical (unpaired) electrons. The Balaban J connectivity index is 2.91. The van der Waals surface area contributed by atoms with Crippen LogP contribution in [0.1, 0.15) is 18.9 Å². The largest absolute Gasteiger partial charge is 0.481 e. The molecule has 0 bridgehead atoms. The van der Waals surface area contributed by atoms with Crippen molar-refractivity contribution in [3.05, 3.63) is 35.9 Å². The number of aliphatic carboxylic acids is 1. The summed E-state index contributed by atoms with van der Waals surface area (Å²) >= 11 is 0. The molecule has 1 aromatic carbocycles. The Kier molecular flexibility index (Phi) is 5.36. The van der Waals surface area contributed by atoms with Gasteiger partial charge in [-0.25, -0.2) is 0 Å². The molecular weight excluding hydrogens is 232 g/mol. The van der Waals surface area contributed by atoms with Gasteiger partial charge >= 0.3 is 11.9 Å². The SMILES string of the molecule is CC[C@H](C(=O)O)[C@@H](Cc1ccccc1)C(=O)OC. The molecule has 0 aromatic heterocycles. The summed E-state index contributed by atoms with van der Waals surface area (Å²) in [5.74, 6) is -2.77. The van der Waals surface area contributed by atoms with Gasteiger partial charge in [0.2, 0.25) is 0 Å². The first-order chi connectivity index (χ1) is 8.60. The quantitative estimate of drug-likeness (QED) is 0.785. The minimum atomic E-state index is -0.955. The van der Waals surface area contributed by atoms with Crippen LogP contribution in [-0.4, -0.2) is 24.2 Å². The van der Waals surface area contributed by atoms with E-state index in [1.54, 1.807) is 6.92 Å². The number of carboxylic acids is 1. The van der Waals surface area contributed by atoms with Gasteiger partial charge < -0.3 is 9.84 Å². The number of carbonyl (C=O) groups is 2.